The fourth-order valence-electron chi connectivity index (χ4n) is 3.74. The van der Waals surface area contributed by atoms with Gasteiger partial charge in [-0.1, -0.05) is 48.0 Å². The van der Waals surface area contributed by atoms with Gasteiger partial charge >= 0.3 is 0 Å². The highest BCUT2D eigenvalue weighted by atomic mass is 32.2. The molecule has 3 aromatic carbocycles. The van der Waals surface area contributed by atoms with Gasteiger partial charge in [0.1, 0.15) is 11.9 Å². The van der Waals surface area contributed by atoms with Crippen LogP contribution in [0.15, 0.2) is 90.0 Å². The molecule has 1 heterocycles. The van der Waals surface area contributed by atoms with Gasteiger partial charge < -0.3 is 14.4 Å². The van der Waals surface area contributed by atoms with E-state index in [1.165, 1.54) is 12.1 Å². The van der Waals surface area contributed by atoms with Gasteiger partial charge in [0.05, 0.1) is 30.2 Å². The summed E-state index contributed by atoms with van der Waals surface area (Å²) in [6.45, 7) is 1.49. The summed E-state index contributed by atoms with van der Waals surface area (Å²) in [5, 5.41) is 12.1. The molecule has 1 aromatic heterocycles. The highest BCUT2D eigenvalue weighted by Crippen LogP contribution is 2.30. The van der Waals surface area contributed by atoms with E-state index in [2.05, 4.69) is 0 Å². The Kier molecular flexibility index (Phi) is 6.32. The molecule has 166 valence electrons. The largest absolute Gasteiger partial charge is 0.497 e. The van der Waals surface area contributed by atoms with E-state index in [1.807, 2.05) is 72.3 Å². The number of benzene rings is 3. The minimum absolute atomic E-state index is 0.0581. The second-order valence-corrected chi connectivity index (χ2v) is 9.24. The second kappa shape index (κ2) is 9.16. The topological polar surface area (TPSA) is 77.8 Å². The van der Waals surface area contributed by atoms with Crippen molar-refractivity contribution < 1.29 is 22.4 Å². The fourth-order valence-corrected chi connectivity index (χ4v) is 4.66. The SMILES string of the molecule is COc1ccc2ccn([C@@H](c3ccccc3)[C@H](O)COS(=O)(=O)c3ccc(C)cc3)c2c1. The number of hydrogen-bond donors (Lipinski definition) is 1. The van der Waals surface area contributed by atoms with Crippen molar-refractivity contribution in [3.63, 3.8) is 0 Å². The maximum absolute atomic E-state index is 12.6. The lowest BCUT2D eigenvalue weighted by molar-refractivity contribution is 0.0785. The van der Waals surface area contributed by atoms with Gasteiger partial charge in [0, 0.05) is 12.3 Å². The molecule has 0 amide bonds. The molecular formula is C25H25NO5S. The number of ether oxygens (including phenoxy) is 1. The average Bonchev–Trinajstić information content (AvgIpc) is 3.22. The Morgan fingerprint density at radius 2 is 1.69 bits per heavy atom. The molecule has 0 bridgehead atoms. The third-order valence-corrected chi connectivity index (χ3v) is 6.74. The number of aliphatic hydroxyl groups is 1. The van der Waals surface area contributed by atoms with Crippen molar-refractivity contribution in [1.29, 1.82) is 0 Å². The lowest BCUT2D eigenvalue weighted by Crippen LogP contribution is -2.30. The first-order valence-electron chi connectivity index (χ1n) is 10.2. The van der Waals surface area contributed by atoms with E-state index < -0.39 is 22.3 Å². The lowest BCUT2D eigenvalue weighted by Gasteiger charge is -2.26. The molecule has 4 aromatic rings. The van der Waals surface area contributed by atoms with Gasteiger partial charge in [0.25, 0.3) is 10.1 Å². The number of aliphatic hydroxyl groups excluding tert-OH is 1. The van der Waals surface area contributed by atoms with Crippen LogP contribution in [0, 0.1) is 6.92 Å². The van der Waals surface area contributed by atoms with Crippen molar-refractivity contribution in [3.8, 4) is 5.75 Å². The lowest BCUT2D eigenvalue weighted by atomic mass is 10.0. The Bertz CT molecular complexity index is 1300. The molecule has 0 radical (unpaired) electrons. The summed E-state index contributed by atoms with van der Waals surface area (Å²) in [5.74, 6) is 0.692. The van der Waals surface area contributed by atoms with E-state index in [9.17, 15) is 13.5 Å². The average molecular weight is 452 g/mol. The smallest absolute Gasteiger partial charge is 0.297 e. The Hall–Kier alpha value is -3.13. The highest BCUT2D eigenvalue weighted by molar-refractivity contribution is 7.86. The summed E-state index contributed by atoms with van der Waals surface area (Å²) in [6.07, 6.45) is 0.749. The molecule has 0 unspecified atom stereocenters. The van der Waals surface area contributed by atoms with Crippen LogP contribution in [-0.4, -0.2) is 37.9 Å². The van der Waals surface area contributed by atoms with E-state index in [-0.39, 0.29) is 11.5 Å². The molecule has 0 saturated heterocycles. The second-order valence-electron chi connectivity index (χ2n) is 7.62. The Morgan fingerprint density at radius 3 is 2.38 bits per heavy atom. The van der Waals surface area contributed by atoms with Crippen molar-refractivity contribution in [2.75, 3.05) is 13.7 Å². The van der Waals surface area contributed by atoms with E-state index >= 15 is 0 Å². The zero-order chi connectivity index (χ0) is 22.7. The first kappa shape index (κ1) is 22.1. The van der Waals surface area contributed by atoms with Crippen LogP contribution in [-0.2, 0) is 14.3 Å². The molecule has 2 atom stereocenters. The molecule has 7 heteroatoms. The predicted molar refractivity (Wildman–Crippen MR) is 123 cm³/mol. The van der Waals surface area contributed by atoms with Crippen LogP contribution in [0.1, 0.15) is 17.2 Å². The molecule has 0 fully saturated rings. The summed E-state index contributed by atoms with van der Waals surface area (Å²) in [7, 11) is -2.40. The van der Waals surface area contributed by atoms with Crippen LogP contribution in [0.25, 0.3) is 10.9 Å². The summed E-state index contributed by atoms with van der Waals surface area (Å²) in [5.41, 5.74) is 2.64. The van der Waals surface area contributed by atoms with E-state index in [0.29, 0.717) is 5.75 Å². The number of hydrogen-bond acceptors (Lipinski definition) is 5. The molecule has 32 heavy (non-hydrogen) atoms. The van der Waals surface area contributed by atoms with Gasteiger partial charge in [-0.15, -0.1) is 0 Å². The predicted octanol–water partition coefficient (Wildman–Crippen LogP) is 4.31. The van der Waals surface area contributed by atoms with E-state index in [0.717, 1.165) is 22.0 Å². The minimum atomic E-state index is -4.00. The number of aryl methyl sites for hydroxylation is 1. The van der Waals surface area contributed by atoms with Gasteiger partial charge in [-0.05, 0) is 48.2 Å². The van der Waals surface area contributed by atoms with Gasteiger partial charge in [-0.3, -0.25) is 4.18 Å². The Balaban J connectivity index is 1.67. The zero-order valence-corrected chi connectivity index (χ0v) is 18.7. The van der Waals surface area contributed by atoms with Gasteiger partial charge in [-0.2, -0.15) is 8.42 Å². The molecule has 0 aliphatic rings. The van der Waals surface area contributed by atoms with Crippen molar-refractivity contribution in [2.45, 2.75) is 24.0 Å². The van der Waals surface area contributed by atoms with Gasteiger partial charge in [0.2, 0.25) is 0 Å². The molecule has 0 saturated carbocycles. The zero-order valence-electron chi connectivity index (χ0n) is 17.9. The first-order chi connectivity index (χ1) is 15.4. The number of methoxy groups -OCH3 is 1. The molecule has 0 aliphatic carbocycles. The number of rotatable bonds is 8. The number of aromatic nitrogens is 1. The van der Waals surface area contributed by atoms with E-state index in [4.69, 9.17) is 8.92 Å². The minimum Gasteiger partial charge on any atom is -0.497 e. The monoisotopic (exact) mass is 451 g/mol. The number of fused-ring (bicyclic) bond motifs is 1. The van der Waals surface area contributed by atoms with Crippen LogP contribution in [0.5, 0.6) is 5.75 Å². The van der Waals surface area contributed by atoms with Crippen LogP contribution in [0.2, 0.25) is 0 Å². The standard InChI is InChI=1S/C25H25NO5S/c1-18-8-12-22(13-9-18)32(28,29)31-17-24(27)25(20-6-4-3-5-7-20)26-15-14-19-10-11-21(30-2)16-23(19)26/h3-16,24-25,27H,17H2,1-2H3/t24-,25+/m1/s1. The maximum Gasteiger partial charge on any atom is 0.297 e. The molecule has 6 nitrogen and oxygen atoms in total. The van der Waals surface area contributed by atoms with Crippen LogP contribution in [0.3, 0.4) is 0 Å². The van der Waals surface area contributed by atoms with E-state index in [1.54, 1.807) is 19.2 Å². The Morgan fingerprint density at radius 1 is 0.969 bits per heavy atom. The normalized spacial score (nSPS) is 13.7. The first-order valence-corrected chi connectivity index (χ1v) is 11.6. The van der Waals surface area contributed by atoms with Crippen molar-refractivity contribution in [2.24, 2.45) is 0 Å². The summed E-state index contributed by atoms with van der Waals surface area (Å²) in [4.78, 5) is 0.0581. The summed E-state index contributed by atoms with van der Waals surface area (Å²) >= 11 is 0. The molecular weight excluding hydrogens is 426 g/mol. The van der Waals surface area contributed by atoms with Crippen LogP contribution in [0.4, 0.5) is 0 Å². The van der Waals surface area contributed by atoms with Crippen molar-refractivity contribution in [3.05, 3.63) is 96.2 Å². The number of nitrogens with zero attached hydrogens (tertiary/aromatic N) is 1. The Labute approximate surface area is 187 Å². The summed E-state index contributed by atoms with van der Waals surface area (Å²) < 4.78 is 37.8. The van der Waals surface area contributed by atoms with Gasteiger partial charge in [0.15, 0.2) is 0 Å². The molecule has 0 spiro atoms. The maximum atomic E-state index is 12.6. The summed E-state index contributed by atoms with van der Waals surface area (Å²) in [6, 6.07) is 22.9. The third kappa shape index (κ3) is 4.55. The quantitative estimate of drug-likeness (QED) is 0.404. The van der Waals surface area contributed by atoms with Crippen LogP contribution < -0.4 is 4.74 Å². The van der Waals surface area contributed by atoms with Gasteiger partial charge in [-0.25, -0.2) is 0 Å². The van der Waals surface area contributed by atoms with Crippen molar-refractivity contribution >= 4 is 21.0 Å². The van der Waals surface area contributed by atoms with Crippen LogP contribution >= 0.6 is 0 Å². The highest BCUT2D eigenvalue weighted by Gasteiger charge is 2.27. The molecule has 4 rings (SSSR count). The molecule has 0 aliphatic heterocycles. The fraction of sp³-hybridized carbons (Fsp3) is 0.200. The third-order valence-electron chi connectivity index (χ3n) is 5.44. The van der Waals surface area contributed by atoms with Crippen molar-refractivity contribution in [1.82, 2.24) is 4.57 Å². The molecule has 1 N–H and O–H groups in total.